The van der Waals surface area contributed by atoms with Gasteiger partial charge in [0.2, 0.25) is 5.72 Å². The highest BCUT2D eigenvalue weighted by Crippen LogP contribution is 2.31. The van der Waals surface area contributed by atoms with Crippen molar-refractivity contribution in [2.45, 2.75) is 37.1 Å². The molecule has 0 spiro atoms. The molecule has 11 nitrogen and oxygen atoms in total. The fourth-order valence-corrected chi connectivity index (χ4v) is 2.27. The largest absolute Gasteiger partial charge is 0.478 e. The third-order valence-electron chi connectivity index (χ3n) is 3.69. The van der Waals surface area contributed by atoms with Gasteiger partial charge in [-0.25, -0.2) is 9.59 Å². The first-order valence-corrected chi connectivity index (χ1v) is 6.55. The molecule has 1 aromatic heterocycles. The van der Waals surface area contributed by atoms with Gasteiger partial charge in [-0.1, -0.05) is 0 Å². The molecule has 1 saturated heterocycles. The zero-order valence-electron chi connectivity index (χ0n) is 11.9. The Kier molecular flexibility index (Phi) is 4.41. The smallest absolute Gasteiger partial charge is 0.357 e. The number of carbonyl (C=O) groups is 1. The Morgan fingerprint density at radius 1 is 1.39 bits per heavy atom. The minimum absolute atomic E-state index is 0.348. The van der Waals surface area contributed by atoms with Crippen molar-refractivity contribution >= 4 is 5.97 Å². The van der Waals surface area contributed by atoms with Crippen LogP contribution in [0.15, 0.2) is 15.8 Å². The summed E-state index contributed by atoms with van der Waals surface area (Å²) >= 11 is 0. The second kappa shape index (κ2) is 5.86. The van der Waals surface area contributed by atoms with Gasteiger partial charge < -0.3 is 30.3 Å². The molecule has 0 saturated carbocycles. The van der Waals surface area contributed by atoms with E-state index in [4.69, 9.17) is 14.9 Å². The molecule has 1 aliphatic rings. The lowest BCUT2D eigenvalue weighted by molar-refractivity contribution is -0.168. The molecule has 2 rings (SSSR count). The summed E-state index contributed by atoms with van der Waals surface area (Å²) in [5.41, 5.74) is -5.21. The molecule has 6 N–H and O–H groups in total. The fourth-order valence-electron chi connectivity index (χ4n) is 2.27. The maximum Gasteiger partial charge on any atom is 0.357 e. The van der Waals surface area contributed by atoms with Crippen LogP contribution in [0.1, 0.15) is 18.6 Å². The molecular formula is C12H16N2O9. The van der Waals surface area contributed by atoms with Gasteiger partial charge >= 0.3 is 11.7 Å². The summed E-state index contributed by atoms with van der Waals surface area (Å²) in [6, 6.07) is 0. The number of nitrogens with zero attached hydrogens (tertiary/aromatic N) is 1. The summed E-state index contributed by atoms with van der Waals surface area (Å²) in [5.74, 6) is -1.75. The average molecular weight is 332 g/mol. The van der Waals surface area contributed by atoms with Crippen LogP contribution in [0.5, 0.6) is 0 Å². The second-order valence-electron chi connectivity index (χ2n) is 5.30. The Hall–Kier alpha value is -2.05. The number of H-pyrrole nitrogens is 1. The summed E-state index contributed by atoms with van der Waals surface area (Å²) in [6.45, 7) is 0.190. The van der Waals surface area contributed by atoms with Crippen molar-refractivity contribution in [3.8, 4) is 0 Å². The number of aromatic nitrogens is 2. The Balaban J connectivity index is 2.55. The predicted octanol–water partition coefficient (Wildman–Crippen LogP) is -3.56. The van der Waals surface area contributed by atoms with Gasteiger partial charge in [-0.05, 0) is 6.92 Å². The van der Waals surface area contributed by atoms with E-state index in [0.717, 1.165) is 13.1 Å². The monoisotopic (exact) mass is 332 g/mol. The van der Waals surface area contributed by atoms with Crippen LogP contribution >= 0.6 is 0 Å². The summed E-state index contributed by atoms with van der Waals surface area (Å²) in [4.78, 5) is 36.5. The van der Waals surface area contributed by atoms with E-state index < -0.39 is 54.0 Å². The number of aliphatic carboxylic acids is 1. The van der Waals surface area contributed by atoms with Gasteiger partial charge in [0.25, 0.3) is 5.56 Å². The highest BCUT2D eigenvalue weighted by atomic mass is 16.6. The van der Waals surface area contributed by atoms with E-state index in [1.165, 1.54) is 0 Å². The van der Waals surface area contributed by atoms with E-state index in [2.05, 4.69) is 0 Å². The lowest BCUT2D eigenvalue weighted by atomic mass is 10.0. The standard InChI is InChI=1S/C12H16N2O9/c1-12(22,10(19)20)14-2-4(9(18)13-11(14)21)8-7(17)6(16)5(3-15)23-8/h2,5-8,15-17,22H,3H2,1H3,(H,19,20)(H,13,18,21)/t5-,6-,7-,8+,12?/m1/s1. The van der Waals surface area contributed by atoms with Crippen molar-refractivity contribution in [3.05, 3.63) is 32.6 Å². The van der Waals surface area contributed by atoms with Gasteiger partial charge in [0, 0.05) is 6.20 Å². The second-order valence-corrected chi connectivity index (χ2v) is 5.30. The van der Waals surface area contributed by atoms with Crippen LogP contribution in [0.25, 0.3) is 0 Å². The number of hydrogen-bond donors (Lipinski definition) is 6. The number of nitrogens with one attached hydrogen (secondary N) is 1. The third-order valence-corrected chi connectivity index (χ3v) is 3.69. The molecule has 0 aliphatic carbocycles. The summed E-state index contributed by atoms with van der Waals surface area (Å²) < 4.78 is 5.50. The van der Waals surface area contributed by atoms with Gasteiger partial charge in [-0.3, -0.25) is 14.3 Å². The molecule has 0 bridgehead atoms. The number of rotatable bonds is 4. The van der Waals surface area contributed by atoms with Gasteiger partial charge in [0.1, 0.15) is 24.4 Å². The Morgan fingerprint density at radius 2 is 2.00 bits per heavy atom. The average Bonchev–Trinajstić information content (AvgIpc) is 2.74. The molecule has 1 aromatic rings. The topological polar surface area (TPSA) is 182 Å². The number of aliphatic hydroxyl groups excluding tert-OH is 3. The molecule has 0 radical (unpaired) electrons. The van der Waals surface area contributed by atoms with E-state index in [9.17, 15) is 29.7 Å². The van der Waals surface area contributed by atoms with Gasteiger partial charge in [-0.15, -0.1) is 0 Å². The van der Waals surface area contributed by atoms with Crippen molar-refractivity contribution in [3.63, 3.8) is 0 Å². The molecule has 1 aliphatic heterocycles. The number of carboxylic acids is 1. The first-order valence-electron chi connectivity index (χ1n) is 6.55. The van der Waals surface area contributed by atoms with Crippen LogP contribution in [0.4, 0.5) is 0 Å². The third kappa shape index (κ3) is 2.80. The fraction of sp³-hybridized carbons (Fsp3) is 0.583. The molecular weight excluding hydrogens is 316 g/mol. The molecule has 2 heterocycles. The number of aliphatic hydroxyl groups is 4. The molecule has 1 unspecified atom stereocenters. The molecule has 128 valence electrons. The van der Waals surface area contributed by atoms with Crippen LogP contribution in [-0.4, -0.2) is 66.0 Å². The van der Waals surface area contributed by atoms with Crippen molar-refractivity contribution in [2.75, 3.05) is 6.61 Å². The van der Waals surface area contributed by atoms with Crippen molar-refractivity contribution in [1.29, 1.82) is 0 Å². The van der Waals surface area contributed by atoms with E-state index in [0.29, 0.717) is 4.57 Å². The summed E-state index contributed by atoms with van der Waals surface area (Å²) in [5, 5.41) is 47.5. The molecule has 0 aromatic carbocycles. The van der Waals surface area contributed by atoms with Gasteiger partial charge in [-0.2, -0.15) is 0 Å². The highest BCUT2D eigenvalue weighted by molar-refractivity contribution is 5.74. The van der Waals surface area contributed by atoms with Crippen molar-refractivity contribution in [1.82, 2.24) is 9.55 Å². The normalized spacial score (nSPS) is 30.1. The lowest BCUT2D eigenvalue weighted by Crippen LogP contribution is -2.48. The Bertz CT molecular complexity index is 722. The zero-order valence-corrected chi connectivity index (χ0v) is 11.9. The number of ether oxygens (including phenoxy) is 1. The van der Waals surface area contributed by atoms with E-state index in [-0.39, 0.29) is 5.56 Å². The van der Waals surface area contributed by atoms with Crippen molar-refractivity contribution < 1.29 is 35.1 Å². The lowest BCUT2D eigenvalue weighted by Gasteiger charge is -2.22. The molecule has 23 heavy (non-hydrogen) atoms. The van der Waals surface area contributed by atoms with Crippen LogP contribution in [0.3, 0.4) is 0 Å². The minimum Gasteiger partial charge on any atom is -0.478 e. The summed E-state index contributed by atoms with van der Waals surface area (Å²) in [7, 11) is 0. The van der Waals surface area contributed by atoms with Crippen LogP contribution < -0.4 is 11.2 Å². The zero-order chi connectivity index (χ0) is 17.5. The SMILES string of the molecule is CC(O)(C(=O)O)n1cc([C@@H]2O[C@H](CO)[C@@H](O)[C@H]2O)c(=O)[nH]c1=O. The molecule has 5 atom stereocenters. The first kappa shape index (κ1) is 17.3. The minimum atomic E-state index is -2.66. The predicted molar refractivity (Wildman–Crippen MR) is 71.5 cm³/mol. The van der Waals surface area contributed by atoms with Crippen LogP contribution in [0, 0.1) is 0 Å². The summed E-state index contributed by atoms with van der Waals surface area (Å²) in [6.07, 6.45) is -4.91. The Morgan fingerprint density at radius 3 is 2.48 bits per heavy atom. The Labute approximate surface area is 128 Å². The van der Waals surface area contributed by atoms with E-state index in [1.54, 1.807) is 4.98 Å². The molecule has 1 fully saturated rings. The van der Waals surface area contributed by atoms with Crippen LogP contribution in [-0.2, 0) is 15.3 Å². The molecule has 11 heteroatoms. The van der Waals surface area contributed by atoms with Crippen molar-refractivity contribution in [2.24, 2.45) is 0 Å². The number of hydrogen-bond acceptors (Lipinski definition) is 8. The van der Waals surface area contributed by atoms with Gasteiger partial charge in [0.05, 0.1) is 12.2 Å². The van der Waals surface area contributed by atoms with Gasteiger partial charge in [0.15, 0.2) is 0 Å². The van der Waals surface area contributed by atoms with Crippen LogP contribution in [0.2, 0.25) is 0 Å². The van der Waals surface area contributed by atoms with E-state index in [1.807, 2.05) is 0 Å². The maximum absolute atomic E-state index is 11.9. The maximum atomic E-state index is 11.9. The number of carboxylic acid groups (broad SMARTS) is 1. The van der Waals surface area contributed by atoms with E-state index >= 15 is 0 Å². The first-order chi connectivity index (χ1) is 10.6. The number of aromatic amines is 1. The molecule has 0 amide bonds. The quantitative estimate of drug-likeness (QED) is 0.325. The highest BCUT2D eigenvalue weighted by Gasteiger charge is 2.45.